The lowest BCUT2D eigenvalue weighted by Crippen LogP contribution is -2.34. The van der Waals surface area contributed by atoms with E-state index in [1.54, 1.807) is 5.01 Å². The van der Waals surface area contributed by atoms with Crippen LogP contribution in [0, 0.1) is 0 Å². The quantitative estimate of drug-likeness (QED) is 0.830. The fourth-order valence-corrected chi connectivity index (χ4v) is 3.19. The Morgan fingerprint density at radius 1 is 1.15 bits per heavy atom. The minimum absolute atomic E-state index is 0.0131. The minimum Gasteiger partial charge on any atom is -0.454 e. The van der Waals surface area contributed by atoms with Gasteiger partial charge in [-0.15, -0.1) is 0 Å². The first-order chi connectivity index (χ1) is 12.7. The molecule has 0 unspecified atom stereocenters. The van der Waals surface area contributed by atoms with Crippen LogP contribution in [0.1, 0.15) is 17.5 Å². The van der Waals surface area contributed by atoms with Crippen LogP contribution >= 0.6 is 0 Å². The van der Waals surface area contributed by atoms with Crippen molar-refractivity contribution in [2.24, 2.45) is 5.10 Å². The standard InChI is InChI=1S/C20H21N3O3/c1-22(12-15-7-8-18-19(11-15)26-14-25-18)13-20(24)23-10-9-17(21-23)16-5-3-2-4-6-16/h2-8,11H,9-10,12-14H2,1H3. The van der Waals surface area contributed by atoms with Crippen LogP contribution in [0.25, 0.3) is 0 Å². The Kier molecular flexibility index (Phi) is 4.58. The highest BCUT2D eigenvalue weighted by Gasteiger charge is 2.22. The second-order valence-corrected chi connectivity index (χ2v) is 6.54. The smallest absolute Gasteiger partial charge is 0.256 e. The van der Waals surface area contributed by atoms with Crippen molar-refractivity contribution in [3.63, 3.8) is 0 Å². The van der Waals surface area contributed by atoms with Crippen LogP contribution < -0.4 is 9.47 Å². The van der Waals surface area contributed by atoms with Crippen molar-refractivity contribution in [3.8, 4) is 11.5 Å². The van der Waals surface area contributed by atoms with Crippen molar-refractivity contribution >= 4 is 11.6 Å². The summed E-state index contributed by atoms with van der Waals surface area (Å²) in [7, 11) is 1.93. The van der Waals surface area contributed by atoms with Crippen molar-refractivity contribution in [2.75, 3.05) is 26.9 Å². The number of carbonyl (C=O) groups is 1. The van der Waals surface area contributed by atoms with Gasteiger partial charge in [-0.05, 0) is 30.3 Å². The van der Waals surface area contributed by atoms with Gasteiger partial charge in [0.2, 0.25) is 6.79 Å². The van der Waals surface area contributed by atoms with Crippen LogP contribution in [-0.4, -0.2) is 48.5 Å². The summed E-state index contributed by atoms with van der Waals surface area (Å²) in [6.07, 6.45) is 0.793. The van der Waals surface area contributed by atoms with Crippen LogP contribution in [0.3, 0.4) is 0 Å². The second-order valence-electron chi connectivity index (χ2n) is 6.54. The number of hydrogen-bond acceptors (Lipinski definition) is 5. The van der Waals surface area contributed by atoms with E-state index in [1.807, 2.05) is 60.5 Å². The third-order valence-corrected chi connectivity index (χ3v) is 4.49. The zero-order valence-electron chi connectivity index (χ0n) is 14.7. The summed E-state index contributed by atoms with van der Waals surface area (Å²) in [5.74, 6) is 1.55. The Morgan fingerprint density at radius 2 is 1.96 bits per heavy atom. The van der Waals surface area contributed by atoms with E-state index in [2.05, 4.69) is 5.10 Å². The zero-order valence-corrected chi connectivity index (χ0v) is 14.7. The first kappa shape index (κ1) is 16.6. The fraction of sp³-hybridized carbons (Fsp3) is 0.300. The maximum atomic E-state index is 12.5. The SMILES string of the molecule is CN(CC(=O)N1CCC(c2ccccc2)=N1)Cc1ccc2c(c1)OCO2. The van der Waals surface area contributed by atoms with E-state index < -0.39 is 0 Å². The summed E-state index contributed by atoms with van der Waals surface area (Å²) in [4.78, 5) is 14.5. The molecule has 2 aliphatic heterocycles. The highest BCUT2D eigenvalue weighted by Crippen LogP contribution is 2.32. The minimum atomic E-state index is 0.0131. The Hall–Kier alpha value is -2.86. The van der Waals surface area contributed by atoms with Crippen LogP contribution in [0.15, 0.2) is 53.6 Å². The molecule has 0 spiro atoms. The van der Waals surface area contributed by atoms with Gasteiger partial charge >= 0.3 is 0 Å². The van der Waals surface area contributed by atoms with E-state index in [-0.39, 0.29) is 12.7 Å². The summed E-state index contributed by atoms with van der Waals surface area (Å²) < 4.78 is 10.7. The topological polar surface area (TPSA) is 54.4 Å². The van der Waals surface area contributed by atoms with Gasteiger partial charge in [-0.1, -0.05) is 36.4 Å². The van der Waals surface area contributed by atoms with Gasteiger partial charge in [-0.2, -0.15) is 5.10 Å². The first-order valence-electron chi connectivity index (χ1n) is 8.69. The number of carbonyl (C=O) groups excluding carboxylic acids is 1. The van der Waals surface area contributed by atoms with Gasteiger partial charge in [-0.3, -0.25) is 9.69 Å². The largest absolute Gasteiger partial charge is 0.454 e. The summed E-state index contributed by atoms with van der Waals surface area (Å²) in [5.41, 5.74) is 3.13. The number of fused-ring (bicyclic) bond motifs is 1. The Bertz CT molecular complexity index is 835. The predicted octanol–water partition coefficient (Wildman–Crippen LogP) is 2.48. The molecule has 1 amide bonds. The van der Waals surface area contributed by atoms with Gasteiger partial charge < -0.3 is 9.47 Å². The Balaban J connectivity index is 1.35. The highest BCUT2D eigenvalue weighted by molar-refractivity contribution is 6.02. The molecule has 2 aromatic carbocycles. The number of benzene rings is 2. The third-order valence-electron chi connectivity index (χ3n) is 4.49. The maximum absolute atomic E-state index is 12.5. The first-order valence-corrected chi connectivity index (χ1v) is 8.69. The second kappa shape index (κ2) is 7.17. The van der Waals surface area contributed by atoms with E-state index in [0.29, 0.717) is 19.6 Å². The molecule has 6 heteroatoms. The van der Waals surface area contributed by atoms with E-state index in [1.165, 1.54) is 0 Å². The van der Waals surface area contributed by atoms with Gasteiger partial charge in [-0.25, -0.2) is 5.01 Å². The zero-order chi connectivity index (χ0) is 17.9. The molecule has 2 aliphatic rings. The molecule has 0 atom stereocenters. The number of nitrogens with zero attached hydrogens (tertiary/aromatic N) is 3. The molecule has 0 fully saturated rings. The van der Waals surface area contributed by atoms with Gasteiger partial charge in [0.05, 0.1) is 18.8 Å². The lowest BCUT2D eigenvalue weighted by atomic mass is 10.1. The summed E-state index contributed by atoms with van der Waals surface area (Å²) in [6, 6.07) is 15.9. The average Bonchev–Trinajstić information content (AvgIpc) is 3.31. The summed E-state index contributed by atoms with van der Waals surface area (Å²) >= 11 is 0. The van der Waals surface area contributed by atoms with Gasteiger partial charge in [0.1, 0.15) is 0 Å². The molecule has 6 nitrogen and oxygen atoms in total. The number of rotatable bonds is 5. The Morgan fingerprint density at radius 3 is 2.81 bits per heavy atom. The molecule has 134 valence electrons. The van der Waals surface area contributed by atoms with Crippen molar-refractivity contribution < 1.29 is 14.3 Å². The van der Waals surface area contributed by atoms with E-state index in [9.17, 15) is 4.79 Å². The molecule has 0 bridgehead atoms. The normalized spacial score (nSPS) is 15.5. The van der Waals surface area contributed by atoms with Gasteiger partial charge in [0.15, 0.2) is 11.5 Å². The summed E-state index contributed by atoms with van der Waals surface area (Å²) in [5, 5.41) is 6.08. The molecule has 0 aliphatic carbocycles. The molecular weight excluding hydrogens is 330 g/mol. The molecule has 0 saturated carbocycles. The maximum Gasteiger partial charge on any atom is 0.256 e. The summed E-state index contributed by atoms with van der Waals surface area (Å²) in [6.45, 7) is 1.89. The highest BCUT2D eigenvalue weighted by atomic mass is 16.7. The lowest BCUT2D eigenvalue weighted by molar-refractivity contribution is -0.131. The van der Waals surface area contributed by atoms with Gasteiger partial charge in [0.25, 0.3) is 5.91 Å². The van der Waals surface area contributed by atoms with Crippen molar-refractivity contribution in [1.29, 1.82) is 0 Å². The number of hydrogen-bond donors (Lipinski definition) is 0. The van der Waals surface area contributed by atoms with Crippen LogP contribution in [0.2, 0.25) is 0 Å². The number of amides is 1. The van der Waals surface area contributed by atoms with Crippen molar-refractivity contribution in [1.82, 2.24) is 9.91 Å². The predicted molar refractivity (Wildman–Crippen MR) is 98.2 cm³/mol. The molecule has 0 saturated heterocycles. The van der Waals surface area contributed by atoms with Gasteiger partial charge in [0, 0.05) is 13.0 Å². The Labute approximate surface area is 152 Å². The van der Waals surface area contributed by atoms with E-state index in [0.717, 1.165) is 34.8 Å². The lowest BCUT2D eigenvalue weighted by Gasteiger charge is -2.19. The van der Waals surface area contributed by atoms with E-state index in [4.69, 9.17) is 9.47 Å². The fourth-order valence-electron chi connectivity index (χ4n) is 3.19. The molecule has 2 aromatic rings. The molecule has 4 rings (SSSR count). The molecule has 2 heterocycles. The number of ether oxygens (including phenoxy) is 2. The molecule has 0 aromatic heterocycles. The van der Waals surface area contributed by atoms with Crippen LogP contribution in [0.4, 0.5) is 0 Å². The molecule has 26 heavy (non-hydrogen) atoms. The van der Waals surface area contributed by atoms with Crippen LogP contribution in [-0.2, 0) is 11.3 Å². The monoisotopic (exact) mass is 351 g/mol. The number of hydrazone groups is 1. The number of likely N-dealkylation sites (N-methyl/N-ethyl adjacent to an activating group) is 1. The molecular formula is C20H21N3O3. The van der Waals surface area contributed by atoms with E-state index >= 15 is 0 Å². The molecule has 0 N–H and O–H groups in total. The van der Waals surface area contributed by atoms with Crippen LogP contribution in [0.5, 0.6) is 11.5 Å². The molecule has 0 radical (unpaired) electrons. The third kappa shape index (κ3) is 3.55. The average molecular weight is 351 g/mol. The van der Waals surface area contributed by atoms with Crippen molar-refractivity contribution in [3.05, 3.63) is 59.7 Å². The van der Waals surface area contributed by atoms with Crippen molar-refractivity contribution in [2.45, 2.75) is 13.0 Å².